The molecule has 1 heterocycles. The molecule has 4 nitrogen and oxygen atoms in total. The summed E-state index contributed by atoms with van der Waals surface area (Å²) in [6.45, 7) is 1.12. The van der Waals surface area contributed by atoms with Crippen LogP contribution in [0, 0.1) is 3.57 Å². The Morgan fingerprint density at radius 3 is 2.67 bits per heavy atom. The van der Waals surface area contributed by atoms with Crippen LogP contribution in [-0.2, 0) is 13.0 Å². The van der Waals surface area contributed by atoms with Crippen LogP contribution >= 0.6 is 22.6 Å². The third-order valence-electron chi connectivity index (χ3n) is 3.68. The molecule has 0 atom stereocenters. The van der Waals surface area contributed by atoms with Crippen LogP contribution in [0.25, 0.3) is 0 Å². The van der Waals surface area contributed by atoms with Crippen molar-refractivity contribution in [1.82, 2.24) is 4.90 Å². The van der Waals surface area contributed by atoms with Gasteiger partial charge < -0.3 is 15.1 Å². The monoisotopic (exact) mass is 395 g/mol. The number of aromatic hydroxyl groups is 2. The Kier molecular flexibility index (Phi) is 3.75. The third kappa shape index (κ3) is 2.83. The molecule has 0 aromatic heterocycles. The molecule has 5 heteroatoms. The lowest BCUT2D eigenvalue weighted by molar-refractivity contribution is 0.0734. The van der Waals surface area contributed by atoms with Crippen molar-refractivity contribution >= 4 is 28.5 Å². The molecule has 2 aromatic carbocycles. The average Bonchev–Trinajstić information content (AvgIpc) is 2.48. The molecule has 1 amide bonds. The zero-order valence-corrected chi connectivity index (χ0v) is 13.4. The van der Waals surface area contributed by atoms with Gasteiger partial charge in [-0.25, -0.2) is 0 Å². The van der Waals surface area contributed by atoms with Gasteiger partial charge in [0.1, 0.15) is 11.5 Å². The summed E-state index contributed by atoms with van der Waals surface area (Å²) < 4.78 is 0.720. The number of hydrogen-bond acceptors (Lipinski definition) is 3. The second kappa shape index (κ2) is 5.55. The quantitative estimate of drug-likeness (QED) is 0.731. The van der Waals surface area contributed by atoms with E-state index in [0.29, 0.717) is 18.7 Å². The van der Waals surface area contributed by atoms with Crippen molar-refractivity contribution in [3.05, 3.63) is 56.7 Å². The number of amides is 1. The maximum absolute atomic E-state index is 12.5. The fourth-order valence-electron chi connectivity index (χ4n) is 2.55. The molecule has 2 N–H and O–H groups in total. The molecule has 21 heavy (non-hydrogen) atoms. The van der Waals surface area contributed by atoms with Crippen LogP contribution in [0.5, 0.6) is 11.5 Å². The Balaban J connectivity index is 1.85. The van der Waals surface area contributed by atoms with E-state index in [-0.39, 0.29) is 17.4 Å². The fourth-order valence-corrected chi connectivity index (χ4v) is 2.88. The van der Waals surface area contributed by atoms with Gasteiger partial charge in [-0.1, -0.05) is 6.07 Å². The lowest BCUT2D eigenvalue weighted by Crippen LogP contribution is -2.35. The standard InChI is InChI=1S/C16H14INO3/c17-14-4-2-11(8-15(14)20)16(21)18-6-5-10-1-3-13(19)7-12(10)9-18/h1-4,7-8,19-20H,5-6,9H2. The highest BCUT2D eigenvalue weighted by Gasteiger charge is 2.22. The maximum atomic E-state index is 12.5. The Labute approximate surface area is 136 Å². The summed E-state index contributed by atoms with van der Waals surface area (Å²) >= 11 is 2.02. The lowest BCUT2D eigenvalue weighted by Gasteiger charge is -2.29. The Morgan fingerprint density at radius 1 is 1.10 bits per heavy atom. The zero-order chi connectivity index (χ0) is 15.0. The molecule has 0 bridgehead atoms. The van der Waals surface area contributed by atoms with E-state index in [9.17, 15) is 15.0 Å². The van der Waals surface area contributed by atoms with Crippen molar-refractivity contribution in [2.45, 2.75) is 13.0 Å². The molecule has 0 fully saturated rings. The van der Waals surface area contributed by atoms with Crippen LogP contribution in [0.15, 0.2) is 36.4 Å². The second-order valence-corrected chi connectivity index (χ2v) is 6.26. The molecule has 0 unspecified atom stereocenters. The highest BCUT2D eigenvalue weighted by atomic mass is 127. The van der Waals surface area contributed by atoms with Gasteiger partial charge in [-0.2, -0.15) is 0 Å². The number of nitrogens with zero attached hydrogens (tertiary/aromatic N) is 1. The summed E-state index contributed by atoms with van der Waals surface area (Å²) in [5.74, 6) is 0.238. The van der Waals surface area contributed by atoms with Gasteiger partial charge in [0.2, 0.25) is 0 Å². The fraction of sp³-hybridized carbons (Fsp3) is 0.188. The smallest absolute Gasteiger partial charge is 0.254 e. The van der Waals surface area contributed by atoms with E-state index in [1.54, 1.807) is 29.2 Å². The van der Waals surface area contributed by atoms with Crippen molar-refractivity contribution in [1.29, 1.82) is 0 Å². The number of fused-ring (bicyclic) bond motifs is 1. The summed E-state index contributed by atoms with van der Waals surface area (Å²) in [5, 5.41) is 19.3. The van der Waals surface area contributed by atoms with E-state index >= 15 is 0 Å². The van der Waals surface area contributed by atoms with Crippen molar-refractivity contribution in [2.75, 3.05) is 6.54 Å². The van der Waals surface area contributed by atoms with Gasteiger partial charge in [0.25, 0.3) is 5.91 Å². The van der Waals surface area contributed by atoms with Gasteiger partial charge in [-0.05, 0) is 70.5 Å². The summed E-state index contributed by atoms with van der Waals surface area (Å²) in [6, 6.07) is 10.2. The Hall–Kier alpha value is -1.76. The van der Waals surface area contributed by atoms with Gasteiger partial charge in [-0.3, -0.25) is 4.79 Å². The van der Waals surface area contributed by atoms with E-state index in [1.807, 2.05) is 28.7 Å². The number of benzene rings is 2. The lowest BCUT2D eigenvalue weighted by atomic mass is 9.99. The number of carbonyl (C=O) groups excluding carboxylic acids is 1. The van der Waals surface area contributed by atoms with Crippen molar-refractivity contribution in [3.8, 4) is 11.5 Å². The van der Waals surface area contributed by atoms with Gasteiger partial charge >= 0.3 is 0 Å². The van der Waals surface area contributed by atoms with E-state index in [4.69, 9.17) is 0 Å². The van der Waals surface area contributed by atoms with Crippen LogP contribution in [0.1, 0.15) is 21.5 Å². The number of phenols is 2. The molecule has 0 saturated heterocycles. The number of halogens is 1. The number of hydrogen-bond donors (Lipinski definition) is 2. The molecule has 0 radical (unpaired) electrons. The third-order valence-corrected chi connectivity index (χ3v) is 4.59. The van der Waals surface area contributed by atoms with E-state index < -0.39 is 0 Å². The van der Waals surface area contributed by atoms with Crippen LogP contribution in [0.2, 0.25) is 0 Å². The molecule has 108 valence electrons. The van der Waals surface area contributed by atoms with E-state index in [1.165, 1.54) is 11.6 Å². The van der Waals surface area contributed by atoms with Gasteiger partial charge in [0, 0.05) is 18.7 Å². The van der Waals surface area contributed by atoms with Gasteiger partial charge in [0.15, 0.2) is 0 Å². The summed E-state index contributed by atoms with van der Waals surface area (Å²) in [4.78, 5) is 14.2. The summed E-state index contributed by atoms with van der Waals surface area (Å²) in [7, 11) is 0. The first-order valence-electron chi connectivity index (χ1n) is 6.63. The maximum Gasteiger partial charge on any atom is 0.254 e. The molecular weight excluding hydrogens is 381 g/mol. The normalized spacial score (nSPS) is 13.9. The Morgan fingerprint density at radius 2 is 1.90 bits per heavy atom. The minimum absolute atomic E-state index is 0.101. The first-order chi connectivity index (χ1) is 10.0. The van der Waals surface area contributed by atoms with Crippen molar-refractivity contribution in [2.24, 2.45) is 0 Å². The van der Waals surface area contributed by atoms with Crippen molar-refractivity contribution in [3.63, 3.8) is 0 Å². The predicted octanol–water partition coefficient (Wildman–Crippen LogP) is 2.90. The summed E-state index contributed by atoms with van der Waals surface area (Å²) in [6.07, 6.45) is 0.775. The highest BCUT2D eigenvalue weighted by molar-refractivity contribution is 14.1. The molecular formula is C16H14INO3. The SMILES string of the molecule is O=C(c1ccc(I)c(O)c1)N1CCc2ccc(O)cc2C1. The van der Waals surface area contributed by atoms with Crippen molar-refractivity contribution < 1.29 is 15.0 Å². The van der Waals surface area contributed by atoms with Gasteiger partial charge in [-0.15, -0.1) is 0 Å². The average molecular weight is 395 g/mol. The molecule has 0 saturated carbocycles. The van der Waals surface area contributed by atoms with Crippen LogP contribution in [0.4, 0.5) is 0 Å². The molecule has 1 aliphatic heterocycles. The highest BCUT2D eigenvalue weighted by Crippen LogP contribution is 2.26. The molecule has 2 aromatic rings. The molecule has 0 spiro atoms. The Bertz CT molecular complexity index is 715. The first kappa shape index (κ1) is 14.2. The molecule has 0 aliphatic carbocycles. The van der Waals surface area contributed by atoms with Gasteiger partial charge in [0.05, 0.1) is 3.57 Å². The van der Waals surface area contributed by atoms with Crippen LogP contribution in [-0.4, -0.2) is 27.6 Å². The topological polar surface area (TPSA) is 60.8 Å². The number of phenolic OH excluding ortho intramolecular Hbond substituents is 2. The van der Waals surface area contributed by atoms with Crippen LogP contribution in [0.3, 0.4) is 0 Å². The molecule has 1 aliphatic rings. The number of carbonyl (C=O) groups is 1. The minimum Gasteiger partial charge on any atom is -0.508 e. The largest absolute Gasteiger partial charge is 0.508 e. The van der Waals surface area contributed by atoms with E-state index in [2.05, 4.69) is 0 Å². The molecule has 3 rings (SSSR count). The van der Waals surface area contributed by atoms with E-state index in [0.717, 1.165) is 15.6 Å². The summed E-state index contributed by atoms with van der Waals surface area (Å²) in [5.41, 5.74) is 2.63. The first-order valence-corrected chi connectivity index (χ1v) is 7.71. The minimum atomic E-state index is -0.101. The second-order valence-electron chi connectivity index (χ2n) is 5.10. The number of rotatable bonds is 1. The van der Waals surface area contributed by atoms with Crippen LogP contribution < -0.4 is 0 Å². The zero-order valence-electron chi connectivity index (χ0n) is 11.2. The predicted molar refractivity (Wildman–Crippen MR) is 87.4 cm³/mol.